The van der Waals surface area contributed by atoms with Crippen molar-refractivity contribution < 1.29 is 53.8 Å². The van der Waals surface area contributed by atoms with Crippen LogP contribution in [0.15, 0.2) is 30.3 Å². The minimum absolute atomic E-state index is 0.0160. The molecule has 0 spiro atoms. The fourth-order valence-electron chi connectivity index (χ4n) is 3.85. The molecule has 194 valence electrons. The van der Waals surface area contributed by atoms with Gasteiger partial charge in [-0.3, -0.25) is 0 Å². The van der Waals surface area contributed by atoms with E-state index in [1.165, 1.54) is 46.3 Å². The van der Waals surface area contributed by atoms with Gasteiger partial charge in [-0.25, -0.2) is 14.4 Å². The molecule has 0 aliphatic heterocycles. The van der Waals surface area contributed by atoms with Crippen LogP contribution in [0.4, 0.5) is 0 Å². The van der Waals surface area contributed by atoms with E-state index in [2.05, 4.69) is 0 Å². The Morgan fingerprint density at radius 3 is 1.46 bits per heavy atom. The number of hydrogen-bond donors (Lipinski definition) is 4. The molecule has 0 aliphatic rings. The Morgan fingerprint density at radius 1 is 0.595 bits per heavy atom. The van der Waals surface area contributed by atoms with Gasteiger partial charge in [0.05, 0.1) is 14.2 Å². The molecular weight excluding hydrogens is 488 g/mol. The van der Waals surface area contributed by atoms with Gasteiger partial charge >= 0.3 is 17.9 Å². The summed E-state index contributed by atoms with van der Waals surface area (Å²) in [6.45, 7) is 4.45. The Kier molecular flexibility index (Phi) is 7.47. The molecule has 0 heterocycles. The lowest BCUT2D eigenvalue weighted by Gasteiger charge is -2.16. The van der Waals surface area contributed by atoms with Gasteiger partial charge in [0.2, 0.25) is 5.75 Å². The zero-order valence-corrected chi connectivity index (χ0v) is 20.5. The first-order chi connectivity index (χ1) is 17.4. The minimum Gasteiger partial charge on any atom is -0.507 e. The summed E-state index contributed by atoms with van der Waals surface area (Å²) in [5.41, 5.74) is 0.118. The molecule has 0 saturated carbocycles. The van der Waals surface area contributed by atoms with Crippen molar-refractivity contribution in [1.82, 2.24) is 0 Å². The SMILES string of the molecule is COc1c(O)cc(C)c(C(=O)Oc2cc(C)c(C(=O)Oc3cc(C)c(C(=O)O)c(O)c3)c(O)c2)c1OC. The number of benzene rings is 3. The van der Waals surface area contributed by atoms with Gasteiger partial charge in [-0.05, 0) is 55.7 Å². The Labute approximate surface area is 211 Å². The number of aromatic carboxylic acids is 1. The maximum atomic E-state index is 12.9. The lowest BCUT2D eigenvalue weighted by molar-refractivity contribution is 0.0689. The number of hydrogen-bond acceptors (Lipinski definition) is 10. The molecule has 0 aromatic heterocycles. The molecule has 3 aromatic rings. The van der Waals surface area contributed by atoms with Crippen LogP contribution in [0, 0.1) is 20.8 Å². The quantitative estimate of drug-likeness (QED) is 0.268. The van der Waals surface area contributed by atoms with E-state index in [9.17, 15) is 29.7 Å². The summed E-state index contributed by atoms with van der Waals surface area (Å²) in [6, 6.07) is 5.90. The summed E-state index contributed by atoms with van der Waals surface area (Å²) < 4.78 is 20.9. The van der Waals surface area contributed by atoms with Crippen molar-refractivity contribution in [3.05, 3.63) is 63.7 Å². The highest BCUT2D eigenvalue weighted by molar-refractivity contribution is 5.99. The summed E-state index contributed by atoms with van der Waals surface area (Å²) >= 11 is 0. The molecule has 0 amide bonds. The van der Waals surface area contributed by atoms with Crippen LogP contribution in [0.3, 0.4) is 0 Å². The summed E-state index contributed by atoms with van der Waals surface area (Å²) in [4.78, 5) is 36.9. The molecule has 37 heavy (non-hydrogen) atoms. The van der Waals surface area contributed by atoms with E-state index in [1.54, 1.807) is 6.92 Å². The first-order valence-electron chi connectivity index (χ1n) is 10.7. The average Bonchev–Trinajstić information content (AvgIpc) is 2.77. The first-order valence-corrected chi connectivity index (χ1v) is 10.7. The van der Waals surface area contributed by atoms with Crippen LogP contribution in [0.25, 0.3) is 0 Å². The summed E-state index contributed by atoms with van der Waals surface area (Å²) in [5, 5.41) is 39.7. The van der Waals surface area contributed by atoms with Crippen LogP contribution < -0.4 is 18.9 Å². The molecule has 0 atom stereocenters. The van der Waals surface area contributed by atoms with E-state index >= 15 is 0 Å². The van der Waals surface area contributed by atoms with Crippen molar-refractivity contribution in [1.29, 1.82) is 0 Å². The molecule has 0 radical (unpaired) electrons. The van der Waals surface area contributed by atoms with Crippen LogP contribution in [0.2, 0.25) is 0 Å². The first kappa shape index (κ1) is 26.7. The second kappa shape index (κ2) is 10.4. The molecule has 3 aromatic carbocycles. The van der Waals surface area contributed by atoms with Gasteiger partial charge in [-0.1, -0.05) is 0 Å². The van der Waals surface area contributed by atoms with E-state index in [-0.39, 0.29) is 56.6 Å². The smallest absolute Gasteiger partial charge is 0.347 e. The summed E-state index contributed by atoms with van der Waals surface area (Å²) in [5.74, 6) is -4.91. The lowest BCUT2D eigenvalue weighted by atomic mass is 10.1. The Morgan fingerprint density at radius 2 is 1.03 bits per heavy atom. The summed E-state index contributed by atoms with van der Waals surface area (Å²) in [6.07, 6.45) is 0. The van der Waals surface area contributed by atoms with E-state index < -0.39 is 29.4 Å². The second-order valence-electron chi connectivity index (χ2n) is 8.01. The predicted molar refractivity (Wildman–Crippen MR) is 129 cm³/mol. The standard InChI is InChI=1S/C26H24O11/c1-11-6-14(9-16(27)19(11)24(30)31)36-25(32)20-12(2)7-15(10-17(20)28)37-26(33)21-13(3)8-18(29)22(34-4)23(21)35-5/h6-10,27-29H,1-5H3,(H,30,31). The third-order valence-corrected chi connectivity index (χ3v) is 5.44. The molecule has 0 bridgehead atoms. The van der Waals surface area contributed by atoms with Crippen molar-refractivity contribution >= 4 is 17.9 Å². The van der Waals surface area contributed by atoms with Crippen LogP contribution in [0.5, 0.6) is 40.2 Å². The average molecular weight is 512 g/mol. The topological polar surface area (TPSA) is 169 Å². The number of aryl methyl sites for hydroxylation is 3. The maximum Gasteiger partial charge on any atom is 0.347 e. The molecular formula is C26H24O11. The van der Waals surface area contributed by atoms with Gasteiger partial charge in [0, 0.05) is 12.1 Å². The highest BCUT2D eigenvalue weighted by atomic mass is 16.5. The normalized spacial score (nSPS) is 10.5. The number of phenols is 3. The van der Waals surface area contributed by atoms with E-state index in [1.807, 2.05) is 0 Å². The molecule has 0 aliphatic carbocycles. The number of methoxy groups -OCH3 is 2. The van der Waals surface area contributed by atoms with Gasteiger partial charge in [-0.2, -0.15) is 0 Å². The Hall–Kier alpha value is -4.93. The molecule has 4 N–H and O–H groups in total. The van der Waals surface area contributed by atoms with Crippen LogP contribution >= 0.6 is 0 Å². The van der Waals surface area contributed by atoms with Crippen molar-refractivity contribution in [2.45, 2.75) is 20.8 Å². The molecule has 0 unspecified atom stereocenters. The van der Waals surface area contributed by atoms with Crippen LogP contribution in [0.1, 0.15) is 47.8 Å². The highest BCUT2D eigenvalue weighted by Crippen LogP contribution is 2.42. The number of carboxylic acid groups (broad SMARTS) is 1. The van der Waals surface area contributed by atoms with Gasteiger partial charge in [0.15, 0.2) is 11.5 Å². The van der Waals surface area contributed by atoms with Crippen molar-refractivity contribution in [3.63, 3.8) is 0 Å². The van der Waals surface area contributed by atoms with E-state index in [4.69, 9.17) is 24.1 Å². The summed E-state index contributed by atoms with van der Waals surface area (Å²) in [7, 11) is 2.59. The largest absolute Gasteiger partial charge is 0.507 e. The predicted octanol–water partition coefficient (Wildman–Crippen LogP) is 3.88. The van der Waals surface area contributed by atoms with Gasteiger partial charge in [0.1, 0.15) is 39.7 Å². The maximum absolute atomic E-state index is 12.9. The number of carboxylic acids is 1. The van der Waals surface area contributed by atoms with Crippen LogP contribution in [-0.2, 0) is 0 Å². The number of phenolic OH excluding ortho intramolecular Hbond substituents is 2. The fourth-order valence-corrected chi connectivity index (χ4v) is 3.85. The molecule has 3 rings (SSSR count). The van der Waals surface area contributed by atoms with Crippen molar-refractivity contribution in [2.24, 2.45) is 0 Å². The van der Waals surface area contributed by atoms with Gasteiger partial charge in [0.25, 0.3) is 0 Å². The Bertz CT molecular complexity index is 1380. The number of aromatic hydroxyl groups is 3. The zero-order chi connectivity index (χ0) is 27.6. The van der Waals surface area contributed by atoms with Gasteiger partial charge < -0.3 is 39.4 Å². The van der Waals surface area contributed by atoms with Gasteiger partial charge in [-0.15, -0.1) is 0 Å². The zero-order valence-electron chi connectivity index (χ0n) is 20.5. The molecule has 0 saturated heterocycles. The number of ether oxygens (including phenoxy) is 4. The van der Waals surface area contributed by atoms with Crippen molar-refractivity contribution in [3.8, 4) is 40.2 Å². The highest BCUT2D eigenvalue weighted by Gasteiger charge is 2.26. The van der Waals surface area contributed by atoms with Crippen LogP contribution in [-0.4, -0.2) is 52.6 Å². The molecule has 0 fully saturated rings. The second-order valence-corrected chi connectivity index (χ2v) is 8.01. The minimum atomic E-state index is -1.34. The Balaban J connectivity index is 1.89. The number of esters is 2. The van der Waals surface area contributed by atoms with E-state index in [0.717, 1.165) is 12.1 Å². The molecule has 11 heteroatoms. The third-order valence-electron chi connectivity index (χ3n) is 5.44. The number of carbonyl (C=O) groups excluding carboxylic acids is 2. The number of carbonyl (C=O) groups is 3. The van der Waals surface area contributed by atoms with Crippen molar-refractivity contribution in [2.75, 3.05) is 14.2 Å². The third kappa shape index (κ3) is 5.20. The monoisotopic (exact) mass is 512 g/mol. The fraction of sp³-hybridized carbons (Fsp3) is 0.192. The lowest BCUT2D eigenvalue weighted by Crippen LogP contribution is -2.14. The van der Waals surface area contributed by atoms with E-state index in [0.29, 0.717) is 5.56 Å². The molecule has 11 nitrogen and oxygen atoms in total. The number of rotatable bonds is 7.